The van der Waals surface area contributed by atoms with Gasteiger partial charge in [-0.25, -0.2) is 0 Å². The van der Waals surface area contributed by atoms with E-state index >= 15 is 0 Å². The molecule has 0 radical (unpaired) electrons. The zero-order chi connectivity index (χ0) is 13.8. The number of ether oxygens (including phenoxy) is 1. The number of carbonyl (C=O) groups is 1. The predicted molar refractivity (Wildman–Crippen MR) is 69.1 cm³/mol. The van der Waals surface area contributed by atoms with Gasteiger partial charge in [0.1, 0.15) is 0 Å². The Morgan fingerprint density at radius 2 is 2.37 bits per heavy atom. The minimum absolute atomic E-state index is 0.118. The highest BCUT2D eigenvalue weighted by Crippen LogP contribution is 2.04. The molecule has 100 valence electrons. The maximum absolute atomic E-state index is 11.6. The normalized spacial score (nSPS) is 10.2. The molecule has 2 heterocycles. The second-order valence-corrected chi connectivity index (χ2v) is 4.08. The van der Waals surface area contributed by atoms with Crippen molar-refractivity contribution in [3.63, 3.8) is 0 Å². The van der Waals surface area contributed by atoms with Crippen molar-refractivity contribution in [2.45, 2.75) is 6.92 Å². The average Bonchev–Trinajstić information content (AvgIpc) is 2.73. The largest absolute Gasteiger partial charge is 0.478 e. The quantitative estimate of drug-likeness (QED) is 0.836. The van der Waals surface area contributed by atoms with E-state index in [0.29, 0.717) is 5.69 Å². The monoisotopic (exact) mass is 262 g/mol. The van der Waals surface area contributed by atoms with E-state index in [1.165, 1.54) is 18.5 Å². The number of H-pyrrole nitrogens is 1. The van der Waals surface area contributed by atoms with E-state index in [4.69, 9.17) is 4.74 Å². The Kier molecular flexibility index (Phi) is 3.65. The van der Waals surface area contributed by atoms with Crippen molar-refractivity contribution in [3.05, 3.63) is 40.6 Å². The first kappa shape index (κ1) is 12.9. The van der Waals surface area contributed by atoms with E-state index in [2.05, 4.69) is 15.4 Å². The predicted octanol–water partition coefficient (Wildman–Crippen LogP) is 0.434. The van der Waals surface area contributed by atoms with Crippen LogP contribution in [-0.2, 0) is 11.8 Å². The third-order valence-corrected chi connectivity index (χ3v) is 2.37. The van der Waals surface area contributed by atoms with Gasteiger partial charge in [-0.3, -0.25) is 14.3 Å². The lowest BCUT2D eigenvalue weighted by atomic mass is 10.3. The van der Waals surface area contributed by atoms with Crippen LogP contribution < -0.4 is 15.5 Å². The van der Waals surface area contributed by atoms with Gasteiger partial charge in [-0.05, 0) is 6.92 Å². The molecule has 0 aliphatic carbocycles. The Labute approximate surface area is 109 Å². The molecule has 0 fully saturated rings. The minimum Gasteiger partial charge on any atom is -0.478 e. The average molecular weight is 262 g/mol. The molecular weight excluding hydrogens is 248 g/mol. The van der Waals surface area contributed by atoms with Crippen LogP contribution in [-0.4, -0.2) is 27.3 Å². The lowest BCUT2D eigenvalue weighted by Crippen LogP contribution is -2.22. The molecule has 0 aromatic carbocycles. The van der Waals surface area contributed by atoms with E-state index in [0.717, 1.165) is 5.69 Å². The van der Waals surface area contributed by atoms with E-state index in [1.54, 1.807) is 24.9 Å². The SMILES string of the molecule is Cc1cc(=O)c(OCC(=O)Nc2cnn(C)c2)c[nH]1. The standard InChI is InChI=1S/C12H14N4O3/c1-8-3-10(17)11(5-13-8)19-7-12(18)15-9-4-14-16(2)6-9/h3-6H,7H2,1-2H3,(H,13,17)(H,15,18). The number of hydrogen-bond donors (Lipinski definition) is 2. The number of nitrogens with zero attached hydrogens (tertiary/aromatic N) is 2. The van der Waals surface area contributed by atoms with Crippen molar-refractivity contribution in [1.82, 2.24) is 14.8 Å². The van der Waals surface area contributed by atoms with E-state index in [9.17, 15) is 9.59 Å². The first-order valence-electron chi connectivity index (χ1n) is 5.65. The minimum atomic E-state index is -0.354. The molecule has 0 saturated carbocycles. The summed E-state index contributed by atoms with van der Waals surface area (Å²) in [5.74, 6) is -0.236. The van der Waals surface area contributed by atoms with Gasteiger partial charge < -0.3 is 15.0 Å². The number of carbonyl (C=O) groups excluding carboxylic acids is 1. The number of amides is 1. The van der Waals surface area contributed by atoms with Crippen LogP contribution in [0.2, 0.25) is 0 Å². The molecule has 0 saturated heterocycles. The number of aryl methyl sites for hydroxylation is 2. The number of anilines is 1. The summed E-state index contributed by atoms with van der Waals surface area (Å²) in [6.07, 6.45) is 4.63. The van der Waals surface area contributed by atoms with Crippen LogP contribution in [0.5, 0.6) is 5.75 Å². The molecule has 1 amide bonds. The van der Waals surface area contributed by atoms with Gasteiger partial charge >= 0.3 is 0 Å². The van der Waals surface area contributed by atoms with Crippen LogP contribution in [0.25, 0.3) is 0 Å². The molecule has 7 heteroatoms. The van der Waals surface area contributed by atoms with Crippen molar-refractivity contribution >= 4 is 11.6 Å². The second kappa shape index (κ2) is 5.38. The summed E-state index contributed by atoms with van der Waals surface area (Å²) in [7, 11) is 1.75. The molecule has 0 spiro atoms. The molecule has 0 atom stereocenters. The van der Waals surface area contributed by atoms with Crippen LogP contribution in [0.1, 0.15) is 5.69 Å². The summed E-state index contributed by atoms with van der Waals surface area (Å²) in [5, 5.41) is 6.52. The van der Waals surface area contributed by atoms with E-state index < -0.39 is 0 Å². The van der Waals surface area contributed by atoms with E-state index in [1.807, 2.05) is 0 Å². The van der Waals surface area contributed by atoms with Gasteiger partial charge in [0, 0.05) is 31.2 Å². The fourth-order valence-electron chi connectivity index (χ4n) is 1.50. The van der Waals surface area contributed by atoms with Gasteiger partial charge in [-0.15, -0.1) is 0 Å². The molecule has 0 aliphatic rings. The summed E-state index contributed by atoms with van der Waals surface area (Å²) in [4.78, 5) is 26.0. The van der Waals surface area contributed by atoms with Crippen molar-refractivity contribution in [2.75, 3.05) is 11.9 Å². The van der Waals surface area contributed by atoms with Gasteiger partial charge in [0.2, 0.25) is 5.43 Å². The molecule has 2 aromatic rings. The van der Waals surface area contributed by atoms with Crippen LogP contribution in [0.3, 0.4) is 0 Å². The Hall–Kier alpha value is -2.57. The first-order valence-corrected chi connectivity index (χ1v) is 5.65. The lowest BCUT2D eigenvalue weighted by molar-refractivity contribution is -0.118. The summed E-state index contributed by atoms with van der Waals surface area (Å²) in [6.45, 7) is 1.53. The molecule has 0 bridgehead atoms. The van der Waals surface area contributed by atoms with Crippen LogP contribution in [0, 0.1) is 6.92 Å². The third-order valence-electron chi connectivity index (χ3n) is 2.37. The molecule has 0 aliphatic heterocycles. The summed E-state index contributed by atoms with van der Waals surface area (Å²) in [6, 6.07) is 1.41. The number of hydrogen-bond acceptors (Lipinski definition) is 4. The number of nitrogens with one attached hydrogen (secondary N) is 2. The summed E-state index contributed by atoms with van der Waals surface area (Å²) < 4.78 is 6.72. The highest BCUT2D eigenvalue weighted by Gasteiger charge is 2.07. The number of aromatic nitrogens is 3. The molecule has 19 heavy (non-hydrogen) atoms. The fraction of sp³-hybridized carbons (Fsp3) is 0.250. The van der Waals surface area contributed by atoms with Crippen LogP contribution >= 0.6 is 0 Å². The van der Waals surface area contributed by atoms with Gasteiger partial charge in [0.25, 0.3) is 5.91 Å². The van der Waals surface area contributed by atoms with Gasteiger partial charge in [0.15, 0.2) is 12.4 Å². The second-order valence-electron chi connectivity index (χ2n) is 4.08. The lowest BCUT2D eigenvalue weighted by Gasteiger charge is -2.05. The first-order chi connectivity index (χ1) is 9.04. The maximum Gasteiger partial charge on any atom is 0.262 e. The topological polar surface area (TPSA) is 89.0 Å². The van der Waals surface area contributed by atoms with Crippen LogP contribution in [0.15, 0.2) is 29.5 Å². The Bertz CT molecular complexity index is 644. The van der Waals surface area contributed by atoms with Crippen molar-refractivity contribution < 1.29 is 9.53 Å². The zero-order valence-electron chi connectivity index (χ0n) is 10.6. The van der Waals surface area contributed by atoms with Crippen molar-refractivity contribution in [1.29, 1.82) is 0 Å². The summed E-state index contributed by atoms with van der Waals surface area (Å²) in [5.41, 5.74) is 1.05. The summed E-state index contributed by atoms with van der Waals surface area (Å²) >= 11 is 0. The highest BCUT2D eigenvalue weighted by molar-refractivity contribution is 5.91. The molecule has 2 rings (SSSR count). The fourth-order valence-corrected chi connectivity index (χ4v) is 1.50. The van der Waals surface area contributed by atoms with Gasteiger partial charge in [0.05, 0.1) is 11.9 Å². The van der Waals surface area contributed by atoms with Gasteiger partial charge in [-0.1, -0.05) is 0 Å². The number of rotatable bonds is 4. The third kappa shape index (κ3) is 3.44. The zero-order valence-corrected chi connectivity index (χ0v) is 10.6. The molecule has 7 nitrogen and oxygen atoms in total. The Balaban J connectivity index is 1.91. The Morgan fingerprint density at radius 3 is 3.00 bits per heavy atom. The highest BCUT2D eigenvalue weighted by atomic mass is 16.5. The van der Waals surface area contributed by atoms with Crippen molar-refractivity contribution in [3.8, 4) is 5.75 Å². The molecular formula is C12H14N4O3. The van der Waals surface area contributed by atoms with E-state index in [-0.39, 0.29) is 23.7 Å². The van der Waals surface area contributed by atoms with Gasteiger partial charge in [-0.2, -0.15) is 5.10 Å². The maximum atomic E-state index is 11.6. The van der Waals surface area contributed by atoms with Crippen molar-refractivity contribution in [2.24, 2.45) is 7.05 Å². The van der Waals surface area contributed by atoms with Crippen LogP contribution in [0.4, 0.5) is 5.69 Å². The molecule has 2 N–H and O–H groups in total. The smallest absolute Gasteiger partial charge is 0.262 e. The molecule has 2 aromatic heterocycles. The molecule has 0 unspecified atom stereocenters. The Morgan fingerprint density at radius 1 is 1.58 bits per heavy atom. The number of pyridine rings is 1. The number of aromatic amines is 1.